The van der Waals surface area contributed by atoms with Crippen molar-refractivity contribution in [3.8, 4) is 5.75 Å². The van der Waals surface area contributed by atoms with Gasteiger partial charge in [0.05, 0.1) is 0 Å². The lowest BCUT2D eigenvalue weighted by Gasteiger charge is -2.29. The third-order valence-corrected chi connectivity index (χ3v) is 15.3. The van der Waals surface area contributed by atoms with E-state index in [4.69, 9.17) is 0 Å². The zero-order valence-corrected chi connectivity index (χ0v) is 32.8. The van der Waals surface area contributed by atoms with Crippen LogP contribution in [0.5, 0.6) is 5.75 Å². The number of nitrogens with zero attached hydrogens (tertiary/aromatic N) is 4. The molecule has 0 atom stereocenters. The molecule has 1 aromatic rings. The summed E-state index contributed by atoms with van der Waals surface area (Å²) in [6.07, 6.45) is 0.0399. The Morgan fingerprint density at radius 2 is 0.788 bits per heavy atom. The van der Waals surface area contributed by atoms with Gasteiger partial charge in [-0.3, -0.25) is 37.4 Å². The van der Waals surface area contributed by atoms with Crippen molar-refractivity contribution >= 4 is 54.0 Å². The van der Waals surface area contributed by atoms with Crippen LogP contribution < -0.4 is 0 Å². The fourth-order valence-corrected chi connectivity index (χ4v) is 9.93. The van der Waals surface area contributed by atoms with Crippen molar-refractivity contribution in [3.63, 3.8) is 0 Å². The summed E-state index contributed by atoms with van der Waals surface area (Å²) < 4.78 is 46.8. The summed E-state index contributed by atoms with van der Waals surface area (Å²) in [6, 6.07) is 3.17. The molecule has 52 heavy (non-hydrogen) atoms. The van der Waals surface area contributed by atoms with E-state index in [0.717, 1.165) is 23.6 Å². The van der Waals surface area contributed by atoms with Gasteiger partial charge < -0.3 is 63.9 Å². The molecule has 25 heteroatoms. The number of aryl methyl sites for hydroxylation is 1. The number of benzene rings is 1. The van der Waals surface area contributed by atoms with E-state index in [9.17, 15) is 81.7 Å². The van der Waals surface area contributed by atoms with Crippen LogP contribution in [0.3, 0.4) is 0 Å². The summed E-state index contributed by atoms with van der Waals surface area (Å²) in [5.74, 6) is -2.63. The molecule has 1 rings (SSSR count). The molecular formula is C27H48N4O17P4. The molecule has 0 aliphatic carbocycles. The normalized spacial score (nSPS) is 12.6. The predicted octanol–water partition coefficient (Wildman–Crippen LogP) is 0.238. The van der Waals surface area contributed by atoms with E-state index >= 15 is 0 Å². The number of aromatic hydroxyl groups is 1. The summed E-state index contributed by atoms with van der Waals surface area (Å²) in [6.45, 7) is 3.51. The molecule has 0 unspecified atom stereocenters. The average Bonchev–Trinajstić information content (AvgIpc) is 2.93. The monoisotopic (exact) mass is 824 g/mol. The molecule has 0 fully saturated rings. The maximum atomic E-state index is 12.5. The third kappa shape index (κ3) is 15.5. The number of carbonyl (C=O) groups excluding carboxylic acids is 4. The summed E-state index contributed by atoms with van der Waals surface area (Å²) in [5, 5.41) is 6.30. The van der Waals surface area contributed by atoms with Crippen LogP contribution in [-0.4, -0.2) is 138 Å². The first-order chi connectivity index (χ1) is 23.5. The first-order valence-corrected chi connectivity index (χ1v) is 22.2. The molecule has 0 radical (unpaired) electrons. The topological polar surface area (TPSA) is 332 Å². The molecule has 0 heterocycles. The van der Waals surface area contributed by atoms with E-state index in [2.05, 4.69) is 0 Å². The molecule has 0 aliphatic rings. The molecule has 9 N–H and O–H groups in total. The first-order valence-electron chi connectivity index (χ1n) is 15.5. The second-order valence-electron chi connectivity index (χ2n) is 12.3. The number of phenols is 1. The van der Waals surface area contributed by atoms with Gasteiger partial charge in [0, 0.05) is 91.2 Å². The van der Waals surface area contributed by atoms with E-state index in [1.54, 1.807) is 19.1 Å². The van der Waals surface area contributed by atoms with Gasteiger partial charge in [-0.25, -0.2) is 0 Å². The summed E-state index contributed by atoms with van der Waals surface area (Å²) in [7, 11) is -21.2. The highest BCUT2D eigenvalue weighted by molar-refractivity contribution is 7.71. The highest BCUT2D eigenvalue weighted by atomic mass is 31.2. The molecular weight excluding hydrogens is 776 g/mol. The molecule has 0 aliphatic heterocycles. The SMILES string of the molecule is CC(=O)N(CCCN(CC(P(=O)(O)O)P(=O)(O)O)C(C)=O)Cc1cc(C)cc(CN(CCCN(CC(P(=O)(O)O)P(=O)(O)O)C(C)=O)C(C)=O)c1O. The van der Waals surface area contributed by atoms with Crippen molar-refractivity contribution in [2.24, 2.45) is 0 Å². The third-order valence-electron chi connectivity index (χ3n) is 7.95. The minimum Gasteiger partial charge on any atom is -0.507 e. The first kappa shape index (κ1) is 47.5. The molecule has 21 nitrogen and oxygen atoms in total. The van der Waals surface area contributed by atoms with Crippen molar-refractivity contribution in [1.29, 1.82) is 0 Å². The van der Waals surface area contributed by atoms with Crippen LogP contribution in [0.1, 0.15) is 57.2 Å². The van der Waals surface area contributed by atoms with Crippen molar-refractivity contribution in [2.75, 3.05) is 39.3 Å². The number of hydrogen-bond acceptors (Lipinski definition) is 9. The number of carbonyl (C=O) groups is 4. The average molecular weight is 825 g/mol. The van der Waals surface area contributed by atoms with Gasteiger partial charge in [-0.1, -0.05) is 17.7 Å². The minimum atomic E-state index is -5.31. The van der Waals surface area contributed by atoms with E-state index in [1.165, 1.54) is 23.6 Å². The highest BCUT2D eigenvalue weighted by Gasteiger charge is 2.45. The van der Waals surface area contributed by atoms with Crippen molar-refractivity contribution in [1.82, 2.24) is 19.6 Å². The maximum absolute atomic E-state index is 12.5. The van der Waals surface area contributed by atoms with Crippen molar-refractivity contribution in [2.45, 2.75) is 71.4 Å². The fraction of sp³-hybridized carbons (Fsp3) is 0.630. The number of amides is 4. The van der Waals surface area contributed by atoms with Gasteiger partial charge in [0.25, 0.3) is 0 Å². The molecule has 298 valence electrons. The van der Waals surface area contributed by atoms with Crippen molar-refractivity contribution in [3.05, 3.63) is 28.8 Å². The van der Waals surface area contributed by atoms with Gasteiger partial charge in [-0.05, 0) is 19.8 Å². The van der Waals surface area contributed by atoms with Crippen molar-refractivity contribution < 1.29 is 81.7 Å². The summed E-state index contributed by atoms with van der Waals surface area (Å²) in [4.78, 5) is 129. The Kier molecular flexibility index (Phi) is 17.5. The van der Waals surface area contributed by atoms with E-state index in [-0.39, 0.29) is 69.0 Å². The highest BCUT2D eigenvalue weighted by Crippen LogP contribution is 2.60. The van der Waals surface area contributed by atoms with Crippen LogP contribution in [0.2, 0.25) is 0 Å². The standard InChI is InChI=1S/C27H48N4O17P4/c1-18-12-23(14-28(19(2)32)8-6-10-30(21(4)34)16-25(49(37,38)39)50(40,41)42)27(36)24(13-18)15-29(20(3)33)9-7-11-31(22(5)35)17-26(51(43,44)45)52(46,47)48/h12-13,25-26,36H,6-11,14-17H2,1-5H3,(H2,37,38,39)(H2,40,41,42)(H2,43,44,45)(H2,46,47,48). The van der Waals surface area contributed by atoms with E-state index < -0.39 is 77.9 Å². The molecule has 0 bridgehead atoms. The van der Waals surface area contributed by atoms with Crippen LogP contribution in [0, 0.1) is 6.92 Å². The lowest BCUT2D eigenvalue weighted by Crippen LogP contribution is -2.39. The van der Waals surface area contributed by atoms with Crippen LogP contribution in [0.4, 0.5) is 0 Å². The van der Waals surface area contributed by atoms with Gasteiger partial charge in [-0.15, -0.1) is 0 Å². The zero-order valence-electron chi connectivity index (χ0n) is 29.2. The van der Waals surface area contributed by atoms with Gasteiger partial charge >= 0.3 is 30.4 Å². The number of rotatable bonds is 20. The Bertz CT molecular complexity index is 1490. The predicted molar refractivity (Wildman–Crippen MR) is 185 cm³/mol. The summed E-state index contributed by atoms with van der Waals surface area (Å²) in [5.41, 5.74) is 1.16. The Labute approximate surface area is 300 Å². The quantitative estimate of drug-likeness (QED) is 0.0795. The number of hydrogen-bond donors (Lipinski definition) is 9. The Morgan fingerprint density at radius 3 is 1.02 bits per heavy atom. The lowest BCUT2D eigenvalue weighted by molar-refractivity contribution is -0.131. The van der Waals surface area contributed by atoms with Crippen LogP contribution in [0.15, 0.2) is 12.1 Å². The second kappa shape index (κ2) is 19.2. The van der Waals surface area contributed by atoms with Crippen LogP contribution >= 0.6 is 30.4 Å². The molecule has 0 aromatic heterocycles. The molecule has 4 amide bonds. The Balaban J connectivity index is 3.13. The second-order valence-corrected chi connectivity index (χ2v) is 20.3. The van der Waals surface area contributed by atoms with Gasteiger partial charge in [-0.2, -0.15) is 0 Å². The zero-order chi connectivity index (χ0) is 40.6. The Hall–Kier alpha value is -2.50. The fourth-order valence-electron chi connectivity index (χ4n) is 5.15. The smallest absolute Gasteiger partial charge is 0.342 e. The largest absolute Gasteiger partial charge is 0.507 e. The van der Waals surface area contributed by atoms with Gasteiger partial charge in [0.1, 0.15) is 5.75 Å². The minimum absolute atomic E-state index is 0.0199. The Morgan fingerprint density at radius 1 is 0.538 bits per heavy atom. The van der Waals surface area contributed by atoms with E-state index in [0.29, 0.717) is 5.56 Å². The molecule has 0 spiro atoms. The molecule has 1 aromatic carbocycles. The van der Waals surface area contributed by atoms with Gasteiger partial charge in [0.15, 0.2) is 10.8 Å². The summed E-state index contributed by atoms with van der Waals surface area (Å²) >= 11 is 0. The molecule has 0 saturated carbocycles. The maximum Gasteiger partial charge on any atom is 0.342 e. The van der Waals surface area contributed by atoms with Gasteiger partial charge in [0.2, 0.25) is 23.6 Å². The van der Waals surface area contributed by atoms with E-state index in [1.807, 2.05) is 0 Å². The molecule has 0 saturated heterocycles. The number of phenolic OH excluding ortho intramolecular Hbond substituents is 1. The lowest BCUT2D eigenvalue weighted by atomic mass is 10.0. The van der Waals surface area contributed by atoms with Crippen LogP contribution in [-0.2, 0) is 50.5 Å². The van der Waals surface area contributed by atoms with Crippen LogP contribution in [0.25, 0.3) is 0 Å².